The Balaban J connectivity index is 1.73. The van der Waals surface area contributed by atoms with Crippen LogP contribution in [0.4, 0.5) is 0 Å². The van der Waals surface area contributed by atoms with Crippen molar-refractivity contribution in [2.75, 3.05) is 12.9 Å². The molecule has 176 valence electrons. The molecule has 0 N–H and O–H groups in total. The average Bonchev–Trinajstić information content (AvgIpc) is 2.84. The first kappa shape index (κ1) is 24.4. The second-order valence-corrected chi connectivity index (χ2v) is 14.7. The zero-order chi connectivity index (χ0) is 24.3. The summed E-state index contributed by atoms with van der Waals surface area (Å²) < 4.78 is 7.97. The third kappa shape index (κ3) is 4.60. The molecular weight excluding hydrogens is 458 g/mol. The molecule has 1 atom stereocenters. The van der Waals surface area contributed by atoms with Crippen LogP contribution in [0.15, 0.2) is 84.3 Å². The molecule has 0 saturated carbocycles. The standard InChI is InChI=1S/C27H31N3O2SSi/c1-20(25-16-21-17-28-26(33-5)29-24(21)18-30(25)31)19-32-34(27(2,3)4,22-12-8-6-9-13-22)23-14-10-7-11-15-23/h6-18,20H,19H2,1-5H3/t20-/m1/s1. The first-order valence-electron chi connectivity index (χ1n) is 11.4. The van der Waals surface area contributed by atoms with Gasteiger partial charge in [0.1, 0.15) is 5.52 Å². The van der Waals surface area contributed by atoms with Crippen molar-refractivity contribution in [1.82, 2.24) is 9.97 Å². The van der Waals surface area contributed by atoms with E-state index in [-0.39, 0.29) is 11.0 Å². The first-order valence-corrected chi connectivity index (χ1v) is 14.6. The van der Waals surface area contributed by atoms with Gasteiger partial charge < -0.3 is 9.63 Å². The van der Waals surface area contributed by atoms with Gasteiger partial charge in [0.2, 0.25) is 6.20 Å². The molecule has 4 aromatic rings. The highest BCUT2D eigenvalue weighted by Crippen LogP contribution is 2.37. The number of aromatic nitrogens is 3. The molecular formula is C27H31N3O2SSi. The fraction of sp³-hybridized carbons (Fsp3) is 0.296. The van der Waals surface area contributed by atoms with Crippen molar-refractivity contribution in [3.8, 4) is 0 Å². The van der Waals surface area contributed by atoms with Gasteiger partial charge in [0.25, 0.3) is 8.32 Å². The van der Waals surface area contributed by atoms with Gasteiger partial charge >= 0.3 is 0 Å². The highest BCUT2D eigenvalue weighted by Gasteiger charge is 2.50. The van der Waals surface area contributed by atoms with Gasteiger partial charge in [-0.25, -0.2) is 9.97 Å². The van der Waals surface area contributed by atoms with E-state index in [0.29, 0.717) is 23.0 Å². The number of benzene rings is 2. The largest absolute Gasteiger partial charge is 0.618 e. The lowest BCUT2D eigenvalue weighted by molar-refractivity contribution is -0.614. The maximum absolute atomic E-state index is 12.9. The van der Waals surface area contributed by atoms with Gasteiger partial charge in [-0.1, -0.05) is 100 Å². The zero-order valence-corrected chi connectivity index (χ0v) is 22.2. The van der Waals surface area contributed by atoms with Crippen LogP contribution in [-0.4, -0.2) is 31.1 Å². The van der Waals surface area contributed by atoms with E-state index in [1.807, 2.05) is 31.4 Å². The fourth-order valence-electron chi connectivity index (χ4n) is 4.57. The van der Waals surface area contributed by atoms with Crippen molar-refractivity contribution in [2.45, 2.75) is 43.8 Å². The Morgan fingerprint density at radius 3 is 2.15 bits per heavy atom. The molecule has 2 heterocycles. The van der Waals surface area contributed by atoms with Crippen molar-refractivity contribution in [2.24, 2.45) is 0 Å². The second-order valence-electron chi connectivity index (χ2n) is 9.60. The summed E-state index contributed by atoms with van der Waals surface area (Å²) in [5, 5.41) is 16.8. The number of fused-ring (bicyclic) bond motifs is 1. The molecule has 34 heavy (non-hydrogen) atoms. The Labute approximate surface area is 207 Å². The lowest BCUT2D eigenvalue weighted by Gasteiger charge is -2.43. The highest BCUT2D eigenvalue weighted by atomic mass is 32.2. The smallest absolute Gasteiger partial charge is 0.261 e. The number of pyridine rings is 1. The van der Waals surface area contributed by atoms with Crippen molar-refractivity contribution < 1.29 is 9.16 Å². The van der Waals surface area contributed by atoms with Crippen molar-refractivity contribution >= 4 is 41.4 Å². The van der Waals surface area contributed by atoms with E-state index in [4.69, 9.17) is 4.43 Å². The number of rotatable bonds is 7. The summed E-state index contributed by atoms with van der Waals surface area (Å²) >= 11 is 1.46. The molecule has 0 amide bonds. The third-order valence-corrected chi connectivity index (χ3v) is 11.8. The number of thioether (sulfide) groups is 1. The van der Waals surface area contributed by atoms with E-state index in [2.05, 4.69) is 79.3 Å². The summed E-state index contributed by atoms with van der Waals surface area (Å²) in [5.74, 6) is -0.108. The highest BCUT2D eigenvalue weighted by molar-refractivity contribution is 7.98. The molecule has 2 aromatic heterocycles. The van der Waals surface area contributed by atoms with Crippen LogP contribution in [0.1, 0.15) is 39.3 Å². The predicted octanol–water partition coefficient (Wildman–Crippen LogP) is 4.67. The summed E-state index contributed by atoms with van der Waals surface area (Å²) in [6, 6.07) is 23.0. The van der Waals surface area contributed by atoms with Crippen LogP contribution >= 0.6 is 11.8 Å². The van der Waals surface area contributed by atoms with Gasteiger partial charge in [-0.3, -0.25) is 0 Å². The monoisotopic (exact) mass is 489 g/mol. The maximum atomic E-state index is 12.9. The summed E-state index contributed by atoms with van der Waals surface area (Å²) in [6.45, 7) is 9.26. The molecule has 0 radical (unpaired) electrons. The fourth-order valence-corrected chi connectivity index (χ4v) is 9.57. The van der Waals surface area contributed by atoms with Crippen molar-refractivity contribution in [3.63, 3.8) is 0 Å². The van der Waals surface area contributed by atoms with Gasteiger partial charge in [0.15, 0.2) is 10.9 Å². The van der Waals surface area contributed by atoms with Crippen LogP contribution < -0.4 is 15.1 Å². The molecule has 0 unspecified atom stereocenters. The molecule has 0 spiro atoms. The van der Waals surface area contributed by atoms with Crippen LogP contribution in [0.25, 0.3) is 10.9 Å². The first-order chi connectivity index (χ1) is 16.3. The van der Waals surface area contributed by atoms with Gasteiger partial charge in [0, 0.05) is 24.3 Å². The van der Waals surface area contributed by atoms with Gasteiger partial charge in [-0.15, -0.1) is 0 Å². The lowest BCUT2D eigenvalue weighted by atomic mass is 10.1. The van der Waals surface area contributed by atoms with Crippen LogP contribution in [0.2, 0.25) is 5.04 Å². The Morgan fingerprint density at radius 2 is 1.62 bits per heavy atom. The van der Waals surface area contributed by atoms with E-state index < -0.39 is 8.32 Å². The lowest BCUT2D eigenvalue weighted by Crippen LogP contribution is -2.66. The molecule has 0 saturated heterocycles. The van der Waals surface area contributed by atoms with Gasteiger partial charge in [-0.05, 0) is 21.7 Å². The molecule has 2 aromatic carbocycles. The van der Waals surface area contributed by atoms with Crippen LogP contribution in [-0.2, 0) is 4.43 Å². The summed E-state index contributed by atoms with van der Waals surface area (Å²) in [5.41, 5.74) is 1.31. The minimum absolute atomic E-state index is 0.108. The zero-order valence-electron chi connectivity index (χ0n) is 20.4. The molecule has 0 aliphatic heterocycles. The second kappa shape index (κ2) is 9.86. The normalized spacial score (nSPS) is 13.2. The molecule has 4 rings (SSSR count). The van der Waals surface area contributed by atoms with E-state index >= 15 is 0 Å². The van der Waals surface area contributed by atoms with Crippen molar-refractivity contribution in [1.29, 1.82) is 0 Å². The van der Waals surface area contributed by atoms with Crippen LogP contribution in [0.3, 0.4) is 0 Å². The van der Waals surface area contributed by atoms with Crippen molar-refractivity contribution in [3.05, 3.63) is 90.0 Å². The maximum Gasteiger partial charge on any atom is 0.261 e. The Kier molecular flexibility index (Phi) is 7.07. The molecule has 0 fully saturated rings. The number of hydrogen-bond donors (Lipinski definition) is 0. The summed E-state index contributed by atoms with van der Waals surface area (Å²) in [7, 11) is -2.67. The van der Waals surface area contributed by atoms with E-state index in [0.717, 1.165) is 10.1 Å². The topological polar surface area (TPSA) is 62.0 Å². The van der Waals surface area contributed by atoms with E-state index in [1.165, 1.54) is 22.1 Å². The van der Waals surface area contributed by atoms with Crippen LogP contribution in [0, 0.1) is 5.21 Å². The molecule has 0 bridgehead atoms. The Bertz CT molecular complexity index is 1220. The van der Waals surface area contributed by atoms with Crippen LogP contribution in [0.5, 0.6) is 0 Å². The van der Waals surface area contributed by atoms with E-state index in [1.54, 1.807) is 12.4 Å². The SMILES string of the molecule is CSc1ncc2cc([C@H](C)CO[Si](c3ccccc3)(c3ccccc3)C(C)(C)C)[n+]([O-])cc2n1. The number of nitrogens with zero attached hydrogens (tertiary/aromatic N) is 3. The molecule has 7 heteroatoms. The summed E-state index contributed by atoms with van der Waals surface area (Å²) in [6.07, 6.45) is 5.25. The average molecular weight is 490 g/mol. The predicted molar refractivity (Wildman–Crippen MR) is 142 cm³/mol. The minimum Gasteiger partial charge on any atom is -0.618 e. The Hall–Kier alpha value is -2.74. The molecule has 0 aliphatic carbocycles. The molecule has 0 aliphatic rings. The quantitative estimate of drug-likeness (QED) is 0.124. The number of hydrogen-bond acceptors (Lipinski definition) is 5. The van der Waals surface area contributed by atoms with Gasteiger partial charge in [0.05, 0.1) is 5.92 Å². The summed E-state index contributed by atoms with van der Waals surface area (Å²) in [4.78, 5) is 8.83. The van der Waals surface area contributed by atoms with Gasteiger partial charge in [-0.2, -0.15) is 4.73 Å². The third-order valence-electron chi connectivity index (χ3n) is 6.28. The Morgan fingerprint density at radius 1 is 1.03 bits per heavy atom. The molecule has 5 nitrogen and oxygen atoms in total. The minimum atomic E-state index is -2.67. The van der Waals surface area contributed by atoms with E-state index in [9.17, 15) is 5.21 Å².